The summed E-state index contributed by atoms with van der Waals surface area (Å²) in [6.45, 7) is 8.68. The maximum absolute atomic E-state index is 4.85. The zero-order chi connectivity index (χ0) is 15.1. The molecule has 0 heterocycles. The van der Waals surface area contributed by atoms with Gasteiger partial charge in [-0.1, -0.05) is 67.2 Å². The van der Waals surface area contributed by atoms with E-state index in [4.69, 9.17) is 19.4 Å². The average Bonchev–Trinajstić information content (AvgIpc) is 2.26. The van der Waals surface area contributed by atoms with Crippen LogP contribution in [0.3, 0.4) is 0 Å². The Balaban J connectivity index is 0.000000612. The third-order valence-corrected chi connectivity index (χ3v) is 3.89. The summed E-state index contributed by atoms with van der Waals surface area (Å²) in [6, 6.07) is 13.6. The van der Waals surface area contributed by atoms with E-state index in [0.717, 1.165) is 8.58 Å². The van der Waals surface area contributed by atoms with Gasteiger partial charge in [-0.2, -0.15) is 0 Å². The third kappa shape index (κ3) is 6.68. The first-order valence-electron chi connectivity index (χ1n) is 6.23. The summed E-state index contributed by atoms with van der Waals surface area (Å²) in [5, 5.41) is 2.88. The number of aryl methyl sites for hydroxylation is 4. The topological polar surface area (TPSA) is 0 Å². The first-order chi connectivity index (χ1) is 9.44. The Morgan fingerprint density at radius 1 is 0.650 bits per heavy atom. The van der Waals surface area contributed by atoms with Crippen LogP contribution in [0.4, 0.5) is 0 Å². The van der Waals surface area contributed by atoms with Gasteiger partial charge in [0.25, 0.3) is 0 Å². The first-order valence-corrected chi connectivity index (χ1v) is 11.7. The molecule has 110 valence electrons. The van der Waals surface area contributed by atoms with Crippen LogP contribution in [0.15, 0.2) is 36.4 Å². The van der Waals surface area contributed by atoms with E-state index >= 15 is 0 Å². The van der Waals surface area contributed by atoms with Crippen molar-refractivity contribution in [3.63, 3.8) is 0 Å². The molecule has 0 aliphatic heterocycles. The number of hydrogen-bond donors (Lipinski definition) is 0. The summed E-state index contributed by atoms with van der Waals surface area (Å²) in [5.74, 6) is 0. The Kier molecular flexibility index (Phi) is 8.30. The van der Waals surface area contributed by atoms with Crippen LogP contribution < -0.4 is 10.6 Å². The van der Waals surface area contributed by atoms with Crippen molar-refractivity contribution < 1.29 is 15.1 Å². The van der Waals surface area contributed by atoms with Crippen LogP contribution >= 0.6 is 28.0 Å². The van der Waals surface area contributed by atoms with Gasteiger partial charge in [-0.25, -0.2) is 0 Å². The van der Waals surface area contributed by atoms with E-state index in [2.05, 4.69) is 64.1 Å². The quantitative estimate of drug-likeness (QED) is 0.483. The number of hydrogen-bond acceptors (Lipinski definition) is 0. The summed E-state index contributed by atoms with van der Waals surface area (Å²) in [4.78, 5) is 0. The summed E-state index contributed by atoms with van der Waals surface area (Å²) in [7, 11) is 10.5. The molecule has 0 bridgehead atoms. The fraction of sp³-hybridized carbons (Fsp3) is 0.250. The van der Waals surface area contributed by atoms with Crippen molar-refractivity contribution in [2.75, 3.05) is 0 Å². The molecule has 0 atom stereocenters. The van der Waals surface area contributed by atoms with Gasteiger partial charge in [-0.15, -0.1) is 0 Å². The molecule has 0 nitrogen and oxygen atoms in total. The molecular weight excluding hydrogens is 395 g/mol. The van der Waals surface area contributed by atoms with Crippen LogP contribution in [0.5, 0.6) is 0 Å². The molecule has 20 heavy (non-hydrogen) atoms. The maximum atomic E-state index is 4.85. The van der Waals surface area contributed by atoms with E-state index < -0.39 is 0 Å². The van der Waals surface area contributed by atoms with Crippen molar-refractivity contribution in [3.8, 4) is 0 Å². The number of rotatable bonds is 2. The van der Waals surface area contributed by atoms with Gasteiger partial charge >= 0.3 is 34.5 Å². The van der Waals surface area contributed by atoms with Gasteiger partial charge in [0, 0.05) is 0 Å². The summed E-state index contributed by atoms with van der Waals surface area (Å²) >= 11 is -0.346. The Labute approximate surface area is 139 Å². The molecule has 2 aromatic carbocycles. The van der Waals surface area contributed by atoms with E-state index in [1.54, 1.807) is 0 Å². The normalized spacial score (nSPS) is 10.1. The van der Waals surface area contributed by atoms with E-state index in [1.807, 2.05) is 0 Å². The van der Waals surface area contributed by atoms with Crippen LogP contribution in [0.1, 0.15) is 22.3 Å². The third-order valence-electron chi connectivity index (χ3n) is 2.73. The first kappa shape index (κ1) is 18.1. The molecule has 0 saturated carbocycles. The Morgan fingerprint density at radius 3 is 1.15 bits per heavy atom. The molecule has 0 fully saturated rings. The molecule has 0 aliphatic rings. The summed E-state index contributed by atoms with van der Waals surface area (Å²) in [5.41, 5.74) is 5.43. The van der Waals surface area contributed by atoms with Crippen LogP contribution in [0, 0.1) is 27.7 Å². The molecular formula is C16H19Cl2PRu. The number of halogens is 2. The second kappa shape index (κ2) is 9.16. The van der Waals surface area contributed by atoms with Crippen molar-refractivity contribution in [3.05, 3.63) is 58.7 Å². The predicted molar refractivity (Wildman–Crippen MR) is 91.1 cm³/mol. The molecule has 2 rings (SSSR count). The SMILES string of the molecule is Cc1cc(C)cc(Pc2cc(C)cc(C)c2)c1.[Cl][Ru][Cl]. The molecule has 0 amide bonds. The van der Waals surface area contributed by atoms with Crippen molar-refractivity contribution in [2.24, 2.45) is 0 Å². The van der Waals surface area contributed by atoms with E-state index in [9.17, 15) is 0 Å². The van der Waals surface area contributed by atoms with Crippen molar-refractivity contribution in [1.29, 1.82) is 0 Å². The van der Waals surface area contributed by atoms with E-state index in [0.29, 0.717) is 0 Å². The average molecular weight is 414 g/mol. The molecule has 2 aromatic rings. The monoisotopic (exact) mass is 414 g/mol. The molecule has 0 aromatic heterocycles. The fourth-order valence-corrected chi connectivity index (χ4v) is 3.79. The zero-order valence-electron chi connectivity index (χ0n) is 12.1. The van der Waals surface area contributed by atoms with Gasteiger partial charge in [-0.3, -0.25) is 0 Å². The van der Waals surface area contributed by atoms with Gasteiger partial charge in [0.05, 0.1) is 0 Å². The minimum atomic E-state index is -0.346. The Morgan fingerprint density at radius 2 is 0.900 bits per heavy atom. The Hall–Kier alpha value is 0.0734. The van der Waals surface area contributed by atoms with Gasteiger partial charge in [0.2, 0.25) is 0 Å². The minimum absolute atomic E-state index is 0.346. The second-order valence-corrected chi connectivity index (χ2v) is 8.97. The molecule has 0 aliphatic carbocycles. The van der Waals surface area contributed by atoms with Gasteiger partial charge in [0.1, 0.15) is 0 Å². The summed E-state index contributed by atoms with van der Waals surface area (Å²) < 4.78 is 0. The van der Waals surface area contributed by atoms with Crippen molar-refractivity contribution >= 4 is 38.6 Å². The van der Waals surface area contributed by atoms with Crippen molar-refractivity contribution in [1.82, 2.24) is 0 Å². The molecule has 0 saturated heterocycles. The van der Waals surface area contributed by atoms with Gasteiger partial charge < -0.3 is 0 Å². The van der Waals surface area contributed by atoms with Crippen molar-refractivity contribution in [2.45, 2.75) is 27.7 Å². The standard InChI is InChI=1S/C16H19P.2ClH.Ru/c1-11-5-12(2)8-15(7-11)17-16-9-13(3)6-14(4)10-16;;;/h5-10,17H,1-4H3;2*1H;/q;;;+2/p-2. The van der Waals surface area contributed by atoms with Crippen LogP contribution in [0.25, 0.3) is 0 Å². The second-order valence-electron chi connectivity index (χ2n) is 4.93. The predicted octanol–water partition coefficient (Wildman–Crippen LogP) is 4.93. The number of benzene rings is 2. The molecule has 0 N–H and O–H groups in total. The van der Waals surface area contributed by atoms with Crippen LogP contribution in [-0.2, 0) is 15.1 Å². The fourth-order valence-electron chi connectivity index (χ4n) is 2.26. The molecule has 0 unspecified atom stereocenters. The Bertz CT molecular complexity index is 480. The van der Waals surface area contributed by atoms with Crippen LogP contribution in [0.2, 0.25) is 0 Å². The molecule has 0 spiro atoms. The molecule has 4 heteroatoms. The summed E-state index contributed by atoms with van der Waals surface area (Å²) in [6.07, 6.45) is 0. The van der Waals surface area contributed by atoms with Crippen LogP contribution in [-0.4, -0.2) is 0 Å². The van der Waals surface area contributed by atoms with Gasteiger partial charge in [0.15, 0.2) is 0 Å². The zero-order valence-corrected chi connectivity index (χ0v) is 16.3. The van der Waals surface area contributed by atoms with E-state index in [-0.39, 0.29) is 15.1 Å². The van der Waals surface area contributed by atoms with Gasteiger partial charge in [-0.05, 0) is 38.3 Å². The van der Waals surface area contributed by atoms with E-state index in [1.165, 1.54) is 32.9 Å². The molecule has 0 radical (unpaired) electrons.